The number of nitrogens with one attached hydrogen (secondary N) is 1. The van der Waals surface area contributed by atoms with Crippen LogP contribution in [0.1, 0.15) is 57.6 Å². The zero-order chi connectivity index (χ0) is 14.2. The molecule has 0 saturated heterocycles. The first kappa shape index (κ1) is 16.0. The summed E-state index contributed by atoms with van der Waals surface area (Å²) in [5.41, 5.74) is 1.21. The molecule has 2 rings (SSSR count). The van der Waals surface area contributed by atoms with E-state index in [4.69, 9.17) is 0 Å². The summed E-state index contributed by atoms with van der Waals surface area (Å²) >= 11 is 3.46. The fourth-order valence-corrected chi connectivity index (χ4v) is 3.54. The number of nitrogens with zero attached hydrogens (tertiary/aromatic N) is 1. The molecule has 0 amide bonds. The molecule has 112 valence electrons. The maximum atomic E-state index is 4.55. The van der Waals surface area contributed by atoms with Crippen molar-refractivity contribution in [3.05, 3.63) is 28.5 Å². The molecule has 2 nitrogen and oxygen atoms in total. The molecule has 20 heavy (non-hydrogen) atoms. The molecule has 0 radical (unpaired) electrons. The summed E-state index contributed by atoms with van der Waals surface area (Å²) in [6.45, 7) is 3.27. The highest BCUT2D eigenvalue weighted by molar-refractivity contribution is 9.10. The van der Waals surface area contributed by atoms with E-state index in [1.807, 2.05) is 6.20 Å². The van der Waals surface area contributed by atoms with Crippen LogP contribution in [0.5, 0.6) is 0 Å². The summed E-state index contributed by atoms with van der Waals surface area (Å²) in [6, 6.07) is 4.84. The number of aromatic nitrogens is 1. The maximum absolute atomic E-state index is 4.55. The second-order valence-electron chi connectivity index (χ2n) is 5.94. The minimum atomic E-state index is 0.590. The van der Waals surface area contributed by atoms with Gasteiger partial charge in [-0.25, -0.2) is 0 Å². The average molecular weight is 339 g/mol. The van der Waals surface area contributed by atoms with Crippen molar-refractivity contribution >= 4 is 15.9 Å². The molecule has 1 aromatic rings. The average Bonchev–Trinajstić information content (AvgIpc) is 2.41. The lowest BCUT2D eigenvalue weighted by Crippen LogP contribution is -2.38. The Kier molecular flexibility index (Phi) is 7.01. The van der Waals surface area contributed by atoms with Gasteiger partial charge in [0.25, 0.3) is 0 Å². The van der Waals surface area contributed by atoms with Crippen LogP contribution in [0.3, 0.4) is 0 Å². The van der Waals surface area contributed by atoms with Crippen molar-refractivity contribution in [2.24, 2.45) is 5.92 Å². The SMILES string of the molecule is CCNC(Cc1ccc(Br)cn1)C1CCCCCCC1. The van der Waals surface area contributed by atoms with Crippen LogP contribution in [0.25, 0.3) is 0 Å². The van der Waals surface area contributed by atoms with Gasteiger partial charge in [0, 0.05) is 28.8 Å². The number of hydrogen-bond donors (Lipinski definition) is 1. The minimum absolute atomic E-state index is 0.590. The summed E-state index contributed by atoms with van der Waals surface area (Å²) in [6.07, 6.45) is 12.8. The third-order valence-corrected chi connectivity index (χ3v) is 4.87. The van der Waals surface area contributed by atoms with Crippen molar-refractivity contribution in [3.8, 4) is 0 Å². The second-order valence-corrected chi connectivity index (χ2v) is 6.86. The van der Waals surface area contributed by atoms with Crippen LogP contribution in [-0.4, -0.2) is 17.6 Å². The van der Waals surface area contributed by atoms with Gasteiger partial charge in [0.2, 0.25) is 0 Å². The fraction of sp³-hybridized carbons (Fsp3) is 0.706. The fourth-order valence-electron chi connectivity index (χ4n) is 3.31. The molecule has 1 N–H and O–H groups in total. The predicted molar refractivity (Wildman–Crippen MR) is 88.9 cm³/mol. The molecule has 1 heterocycles. The van der Waals surface area contributed by atoms with E-state index in [1.165, 1.54) is 50.6 Å². The van der Waals surface area contributed by atoms with Crippen LogP contribution in [0, 0.1) is 5.92 Å². The molecular weight excluding hydrogens is 312 g/mol. The lowest BCUT2D eigenvalue weighted by atomic mass is 9.84. The van der Waals surface area contributed by atoms with Crippen LogP contribution in [0.4, 0.5) is 0 Å². The van der Waals surface area contributed by atoms with Crippen LogP contribution < -0.4 is 5.32 Å². The van der Waals surface area contributed by atoms with Gasteiger partial charge in [-0.3, -0.25) is 4.98 Å². The molecule has 1 fully saturated rings. The molecule has 1 aromatic heterocycles. The second kappa shape index (κ2) is 8.78. The number of rotatable bonds is 5. The largest absolute Gasteiger partial charge is 0.314 e. The van der Waals surface area contributed by atoms with Gasteiger partial charge in [-0.15, -0.1) is 0 Å². The number of pyridine rings is 1. The molecule has 0 bridgehead atoms. The standard InChI is InChI=1S/C17H27BrN2/c1-2-19-17(12-16-11-10-15(18)13-20-16)14-8-6-4-3-5-7-9-14/h10-11,13-14,17,19H,2-9,12H2,1H3. The monoisotopic (exact) mass is 338 g/mol. The highest BCUT2D eigenvalue weighted by Gasteiger charge is 2.22. The normalized spacial score (nSPS) is 19.3. The Balaban J connectivity index is 1.98. The van der Waals surface area contributed by atoms with Crippen LogP contribution in [0.15, 0.2) is 22.8 Å². The molecule has 0 aliphatic heterocycles. The Morgan fingerprint density at radius 2 is 1.90 bits per heavy atom. The number of halogens is 1. The van der Waals surface area contributed by atoms with Crippen LogP contribution in [0.2, 0.25) is 0 Å². The van der Waals surface area contributed by atoms with Crippen molar-refractivity contribution in [1.82, 2.24) is 10.3 Å². The Bertz CT molecular complexity index is 369. The lowest BCUT2D eigenvalue weighted by molar-refractivity contribution is 0.285. The Morgan fingerprint density at radius 3 is 2.50 bits per heavy atom. The molecule has 1 saturated carbocycles. The molecule has 1 unspecified atom stereocenters. The summed E-state index contributed by atoms with van der Waals surface area (Å²) in [5.74, 6) is 0.820. The third-order valence-electron chi connectivity index (χ3n) is 4.40. The third kappa shape index (κ3) is 5.17. The van der Waals surface area contributed by atoms with E-state index in [0.717, 1.165) is 23.4 Å². The van der Waals surface area contributed by atoms with E-state index in [-0.39, 0.29) is 0 Å². The van der Waals surface area contributed by atoms with Gasteiger partial charge in [0.1, 0.15) is 0 Å². The molecule has 3 heteroatoms. The van der Waals surface area contributed by atoms with Crippen molar-refractivity contribution in [1.29, 1.82) is 0 Å². The van der Waals surface area contributed by atoms with Gasteiger partial charge in [-0.2, -0.15) is 0 Å². The van der Waals surface area contributed by atoms with Gasteiger partial charge in [0.05, 0.1) is 0 Å². The first-order chi connectivity index (χ1) is 9.79. The number of hydrogen-bond acceptors (Lipinski definition) is 2. The van der Waals surface area contributed by atoms with E-state index in [2.05, 4.69) is 45.3 Å². The van der Waals surface area contributed by atoms with Crippen molar-refractivity contribution in [2.45, 2.75) is 64.3 Å². The molecule has 1 aliphatic carbocycles. The summed E-state index contributed by atoms with van der Waals surface area (Å²) in [5, 5.41) is 3.71. The smallest absolute Gasteiger partial charge is 0.0420 e. The first-order valence-corrected chi connectivity index (χ1v) is 8.92. The van der Waals surface area contributed by atoms with Crippen LogP contribution >= 0.6 is 15.9 Å². The van der Waals surface area contributed by atoms with Crippen molar-refractivity contribution < 1.29 is 0 Å². The van der Waals surface area contributed by atoms with Gasteiger partial charge < -0.3 is 5.32 Å². The summed E-state index contributed by atoms with van der Waals surface area (Å²) < 4.78 is 1.06. The van der Waals surface area contributed by atoms with Gasteiger partial charge in [-0.1, -0.05) is 39.0 Å². The lowest BCUT2D eigenvalue weighted by Gasteiger charge is -2.29. The molecular formula is C17H27BrN2. The van der Waals surface area contributed by atoms with Crippen molar-refractivity contribution in [2.75, 3.05) is 6.54 Å². The van der Waals surface area contributed by atoms with E-state index in [1.54, 1.807) is 0 Å². The van der Waals surface area contributed by atoms with Crippen LogP contribution in [-0.2, 0) is 6.42 Å². The topological polar surface area (TPSA) is 24.9 Å². The first-order valence-electron chi connectivity index (χ1n) is 8.13. The van der Waals surface area contributed by atoms with Gasteiger partial charge in [-0.05, 0) is 53.4 Å². The summed E-state index contributed by atoms with van der Waals surface area (Å²) in [7, 11) is 0. The molecule has 0 aromatic carbocycles. The maximum Gasteiger partial charge on any atom is 0.0420 e. The summed E-state index contributed by atoms with van der Waals surface area (Å²) in [4.78, 5) is 4.55. The van der Waals surface area contributed by atoms with E-state index < -0.39 is 0 Å². The predicted octanol–water partition coefficient (Wildman–Crippen LogP) is 4.73. The Labute approximate surface area is 131 Å². The van der Waals surface area contributed by atoms with E-state index in [0.29, 0.717) is 6.04 Å². The zero-order valence-corrected chi connectivity index (χ0v) is 14.2. The number of likely N-dealkylation sites (N-methyl/N-ethyl adjacent to an activating group) is 1. The Hall–Kier alpha value is -0.410. The quantitative estimate of drug-likeness (QED) is 0.839. The van der Waals surface area contributed by atoms with E-state index >= 15 is 0 Å². The van der Waals surface area contributed by atoms with Gasteiger partial charge >= 0.3 is 0 Å². The van der Waals surface area contributed by atoms with Crippen molar-refractivity contribution in [3.63, 3.8) is 0 Å². The highest BCUT2D eigenvalue weighted by atomic mass is 79.9. The highest BCUT2D eigenvalue weighted by Crippen LogP contribution is 2.26. The Morgan fingerprint density at radius 1 is 1.20 bits per heavy atom. The molecule has 1 atom stereocenters. The minimum Gasteiger partial charge on any atom is -0.314 e. The molecule has 1 aliphatic rings. The zero-order valence-electron chi connectivity index (χ0n) is 12.6. The molecule has 0 spiro atoms. The van der Waals surface area contributed by atoms with Gasteiger partial charge in [0.15, 0.2) is 0 Å². The van der Waals surface area contributed by atoms with E-state index in [9.17, 15) is 0 Å².